The van der Waals surface area contributed by atoms with Crippen LogP contribution in [0.2, 0.25) is 0 Å². The van der Waals surface area contributed by atoms with Gasteiger partial charge in [0.15, 0.2) is 0 Å². The van der Waals surface area contributed by atoms with Gasteiger partial charge >= 0.3 is 0 Å². The van der Waals surface area contributed by atoms with Gasteiger partial charge in [0.1, 0.15) is 22.8 Å². The molecule has 5 rings (SSSR count). The molecular weight excluding hydrogens is 452 g/mol. The third kappa shape index (κ3) is 4.45. The van der Waals surface area contributed by atoms with Gasteiger partial charge in [-0.15, -0.1) is 0 Å². The summed E-state index contributed by atoms with van der Waals surface area (Å²) < 4.78 is 17.9. The van der Waals surface area contributed by atoms with Gasteiger partial charge in [-0.05, 0) is 63.8 Å². The Kier molecular flexibility index (Phi) is 6.95. The molecule has 2 aromatic carbocycles. The van der Waals surface area contributed by atoms with E-state index in [9.17, 15) is 4.79 Å². The van der Waals surface area contributed by atoms with Crippen molar-refractivity contribution in [2.45, 2.75) is 46.5 Å². The number of piperazine rings is 1. The molecule has 1 aliphatic carbocycles. The number of fused-ring (bicyclic) bond motifs is 3. The number of amides is 1. The lowest BCUT2D eigenvalue weighted by atomic mass is 9.93. The molecule has 2 heterocycles. The zero-order valence-electron chi connectivity index (χ0n) is 21.9. The number of para-hydroxylation sites is 2. The van der Waals surface area contributed by atoms with Crippen molar-refractivity contribution in [2.75, 3.05) is 44.8 Å². The molecule has 6 heteroatoms. The predicted octanol–water partition coefficient (Wildman–Crippen LogP) is 5.78. The van der Waals surface area contributed by atoms with E-state index < -0.39 is 0 Å². The molecule has 6 nitrogen and oxygen atoms in total. The van der Waals surface area contributed by atoms with Gasteiger partial charge in [0.25, 0.3) is 0 Å². The molecule has 0 saturated carbocycles. The second kappa shape index (κ2) is 10.3. The number of carbonyl (C=O) groups excluding carboxylic acids is 1. The molecular formula is C30H36N2O4. The quantitative estimate of drug-likeness (QED) is 0.412. The van der Waals surface area contributed by atoms with Crippen molar-refractivity contribution in [2.24, 2.45) is 0 Å². The van der Waals surface area contributed by atoms with Crippen molar-refractivity contribution in [1.29, 1.82) is 0 Å². The Morgan fingerprint density at radius 2 is 1.86 bits per heavy atom. The first-order valence-electron chi connectivity index (χ1n) is 13.1. The molecule has 1 amide bonds. The molecule has 0 N–H and O–H groups in total. The summed E-state index contributed by atoms with van der Waals surface area (Å²) >= 11 is 0. The van der Waals surface area contributed by atoms with Crippen LogP contribution in [-0.2, 0) is 17.6 Å². The predicted molar refractivity (Wildman–Crippen MR) is 144 cm³/mol. The summed E-state index contributed by atoms with van der Waals surface area (Å²) in [6, 6.07) is 10.2. The van der Waals surface area contributed by atoms with Crippen LogP contribution in [0.25, 0.3) is 16.5 Å². The van der Waals surface area contributed by atoms with Crippen LogP contribution in [-0.4, -0.2) is 50.7 Å². The normalized spacial score (nSPS) is 16.3. The molecule has 0 unspecified atom stereocenters. The number of ether oxygens (including phenoxy) is 2. The third-order valence-corrected chi connectivity index (χ3v) is 7.50. The number of allylic oxidation sites excluding steroid dienone is 1. The van der Waals surface area contributed by atoms with Gasteiger partial charge in [-0.25, -0.2) is 0 Å². The number of aryl methyl sites for hydroxylation is 3. The fourth-order valence-corrected chi connectivity index (χ4v) is 5.57. The summed E-state index contributed by atoms with van der Waals surface area (Å²) in [6.45, 7) is 9.53. The molecule has 3 aromatic rings. The average molecular weight is 489 g/mol. The van der Waals surface area contributed by atoms with Crippen molar-refractivity contribution in [3.63, 3.8) is 0 Å². The van der Waals surface area contributed by atoms with Crippen molar-refractivity contribution in [3.8, 4) is 11.5 Å². The van der Waals surface area contributed by atoms with Crippen LogP contribution in [0.15, 0.2) is 40.8 Å². The van der Waals surface area contributed by atoms with Crippen molar-refractivity contribution < 1.29 is 18.7 Å². The van der Waals surface area contributed by atoms with E-state index >= 15 is 0 Å². The number of carbonyl (C=O) groups is 1. The number of hydrogen-bond acceptors (Lipinski definition) is 5. The smallest absolute Gasteiger partial charge is 0.246 e. The maximum absolute atomic E-state index is 13.3. The van der Waals surface area contributed by atoms with Crippen LogP contribution in [0.4, 0.5) is 5.69 Å². The largest absolute Gasteiger partial charge is 0.495 e. The van der Waals surface area contributed by atoms with Gasteiger partial charge in [-0.3, -0.25) is 4.79 Å². The molecule has 1 aromatic heterocycles. The van der Waals surface area contributed by atoms with Crippen LogP contribution in [0.3, 0.4) is 0 Å². The van der Waals surface area contributed by atoms with Crippen molar-refractivity contribution >= 4 is 28.1 Å². The Morgan fingerprint density at radius 1 is 1.11 bits per heavy atom. The molecule has 2 aliphatic rings. The average Bonchev–Trinajstić information content (AvgIpc) is 3.29. The highest BCUT2D eigenvalue weighted by molar-refractivity contribution is 5.98. The standard InChI is InChI=1S/C30H36N2O4/c1-5-35-29-21(3)30-24(22-10-6-8-12-26(22)36-30)19-23(29)20(2)18-28(33)32-16-14-31(15-17-32)25-11-7-9-13-27(25)34-4/h7,9,11,13,18-19H,5-6,8,10,12,14-17H2,1-4H3/b20-18+. The number of methoxy groups -OCH3 is 1. The Hall–Kier alpha value is -3.41. The first-order chi connectivity index (χ1) is 17.5. The van der Waals surface area contributed by atoms with Crippen LogP contribution in [0.1, 0.15) is 49.1 Å². The second-order valence-electron chi connectivity index (χ2n) is 9.71. The minimum Gasteiger partial charge on any atom is -0.495 e. The minimum atomic E-state index is 0.0431. The molecule has 0 bridgehead atoms. The van der Waals surface area contributed by atoms with E-state index in [2.05, 4.69) is 24.0 Å². The van der Waals surface area contributed by atoms with Crippen molar-refractivity contribution in [3.05, 3.63) is 58.9 Å². The third-order valence-electron chi connectivity index (χ3n) is 7.50. The number of anilines is 1. The van der Waals surface area contributed by atoms with Crippen LogP contribution in [0.5, 0.6) is 11.5 Å². The summed E-state index contributed by atoms with van der Waals surface area (Å²) in [5.41, 5.74) is 6.26. The highest BCUT2D eigenvalue weighted by atomic mass is 16.5. The monoisotopic (exact) mass is 488 g/mol. The van der Waals surface area contributed by atoms with Gasteiger partial charge < -0.3 is 23.7 Å². The fraction of sp³-hybridized carbons (Fsp3) is 0.433. The Bertz CT molecular complexity index is 1300. The molecule has 190 valence electrons. The number of furan rings is 1. The van der Waals surface area contributed by atoms with E-state index in [4.69, 9.17) is 13.9 Å². The summed E-state index contributed by atoms with van der Waals surface area (Å²) in [5, 5.41) is 1.17. The lowest BCUT2D eigenvalue weighted by molar-refractivity contribution is -0.126. The molecule has 1 fully saturated rings. The summed E-state index contributed by atoms with van der Waals surface area (Å²) in [6.07, 6.45) is 6.19. The van der Waals surface area contributed by atoms with Crippen LogP contribution in [0, 0.1) is 6.92 Å². The SMILES string of the molecule is CCOc1c(/C(C)=C/C(=O)N2CCN(c3ccccc3OC)CC2)cc2c3c(oc2c1C)CCCC3. The van der Waals surface area contributed by atoms with Gasteiger partial charge in [-0.1, -0.05) is 12.1 Å². The zero-order valence-corrected chi connectivity index (χ0v) is 21.9. The first kappa shape index (κ1) is 24.3. The lowest BCUT2D eigenvalue weighted by Crippen LogP contribution is -2.48. The molecule has 0 atom stereocenters. The van der Waals surface area contributed by atoms with Gasteiger partial charge in [0.05, 0.1) is 19.4 Å². The van der Waals surface area contributed by atoms with E-state index in [1.165, 1.54) is 23.8 Å². The minimum absolute atomic E-state index is 0.0431. The van der Waals surface area contributed by atoms with Crippen LogP contribution < -0.4 is 14.4 Å². The lowest BCUT2D eigenvalue weighted by Gasteiger charge is -2.36. The summed E-state index contributed by atoms with van der Waals surface area (Å²) in [7, 11) is 1.70. The maximum atomic E-state index is 13.3. The van der Waals surface area contributed by atoms with E-state index in [1.807, 2.05) is 36.9 Å². The van der Waals surface area contributed by atoms with Gasteiger partial charge in [-0.2, -0.15) is 0 Å². The Labute approximate surface area is 213 Å². The van der Waals surface area contributed by atoms with E-state index in [0.29, 0.717) is 19.7 Å². The summed E-state index contributed by atoms with van der Waals surface area (Å²) in [4.78, 5) is 17.5. The van der Waals surface area contributed by atoms with Crippen molar-refractivity contribution in [1.82, 2.24) is 4.90 Å². The Morgan fingerprint density at radius 3 is 2.61 bits per heavy atom. The Balaban J connectivity index is 1.39. The molecule has 1 aliphatic heterocycles. The molecule has 1 saturated heterocycles. The molecule has 0 radical (unpaired) electrons. The number of rotatable bonds is 6. The topological polar surface area (TPSA) is 55.2 Å². The maximum Gasteiger partial charge on any atom is 0.246 e. The molecule has 0 spiro atoms. The number of nitrogens with zero attached hydrogens (tertiary/aromatic N) is 2. The number of hydrogen-bond donors (Lipinski definition) is 0. The second-order valence-corrected chi connectivity index (χ2v) is 9.71. The zero-order chi connectivity index (χ0) is 25.2. The number of benzene rings is 2. The van der Waals surface area contributed by atoms with E-state index in [-0.39, 0.29) is 5.91 Å². The van der Waals surface area contributed by atoms with Gasteiger partial charge in [0.2, 0.25) is 5.91 Å². The highest BCUT2D eigenvalue weighted by Crippen LogP contribution is 2.41. The fourth-order valence-electron chi connectivity index (χ4n) is 5.57. The van der Waals surface area contributed by atoms with Gasteiger partial charge in [0, 0.05) is 60.8 Å². The van der Waals surface area contributed by atoms with E-state index in [0.717, 1.165) is 71.2 Å². The first-order valence-corrected chi connectivity index (χ1v) is 13.1. The summed E-state index contributed by atoms with van der Waals surface area (Å²) in [5.74, 6) is 2.84. The molecule has 36 heavy (non-hydrogen) atoms. The van der Waals surface area contributed by atoms with Crippen LogP contribution >= 0.6 is 0 Å². The highest BCUT2D eigenvalue weighted by Gasteiger charge is 2.25. The van der Waals surface area contributed by atoms with E-state index in [1.54, 1.807) is 13.2 Å².